The molecule has 1 aliphatic heterocycles. The normalized spacial score (nSPS) is 19.7. The molecule has 1 atom stereocenters. The Morgan fingerprint density at radius 1 is 1.39 bits per heavy atom. The SMILES string of the molecule is CN=C(NCC1CCCN(C)C1)N(C)Cc1ccc(SC)cc1. The van der Waals surface area contributed by atoms with Gasteiger partial charge in [0, 0.05) is 38.6 Å². The molecule has 0 radical (unpaired) electrons. The highest BCUT2D eigenvalue weighted by molar-refractivity contribution is 7.98. The highest BCUT2D eigenvalue weighted by atomic mass is 32.2. The van der Waals surface area contributed by atoms with Crippen molar-refractivity contribution in [2.24, 2.45) is 10.9 Å². The molecular weight excluding hydrogens is 304 g/mol. The minimum atomic E-state index is 0.722. The Morgan fingerprint density at radius 2 is 2.13 bits per heavy atom. The predicted octanol–water partition coefficient (Wildman–Crippen LogP) is 2.76. The van der Waals surface area contributed by atoms with Gasteiger partial charge in [0.05, 0.1) is 0 Å². The summed E-state index contributed by atoms with van der Waals surface area (Å²) >= 11 is 1.78. The largest absolute Gasteiger partial charge is 0.356 e. The summed E-state index contributed by atoms with van der Waals surface area (Å²) in [5, 5.41) is 3.55. The van der Waals surface area contributed by atoms with Crippen LogP contribution in [0.15, 0.2) is 34.2 Å². The molecule has 0 aromatic heterocycles. The first kappa shape index (κ1) is 18.1. The lowest BCUT2D eigenvalue weighted by Gasteiger charge is -2.31. The summed E-state index contributed by atoms with van der Waals surface area (Å²) < 4.78 is 0. The fraction of sp³-hybridized carbons (Fsp3) is 0.611. The zero-order valence-corrected chi connectivity index (χ0v) is 15.7. The van der Waals surface area contributed by atoms with Gasteiger partial charge in [-0.15, -0.1) is 11.8 Å². The number of thioether (sulfide) groups is 1. The average molecular weight is 335 g/mol. The van der Waals surface area contributed by atoms with Crippen LogP contribution in [0.3, 0.4) is 0 Å². The molecule has 1 heterocycles. The van der Waals surface area contributed by atoms with Crippen LogP contribution < -0.4 is 5.32 Å². The van der Waals surface area contributed by atoms with Gasteiger partial charge in [-0.05, 0) is 56.3 Å². The summed E-state index contributed by atoms with van der Waals surface area (Å²) in [5.41, 5.74) is 1.31. The molecule has 0 saturated carbocycles. The molecule has 1 fully saturated rings. The summed E-state index contributed by atoms with van der Waals surface area (Å²) in [6.07, 6.45) is 4.73. The summed E-state index contributed by atoms with van der Waals surface area (Å²) in [7, 11) is 6.18. The maximum Gasteiger partial charge on any atom is 0.193 e. The Hall–Kier alpha value is -1.20. The summed E-state index contributed by atoms with van der Waals surface area (Å²) in [4.78, 5) is 10.4. The van der Waals surface area contributed by atoms with E-state index in [4.69, 9.17) is 0 Å². The van der Waals surface area contributed by atoms with E-state index in [0.717, 1.165) is 25.0 Å². The smallest absolute Gasteiger partial charge is 0.193 e. The van der Waals surface area contributed by atoms with Crippen LogP contribution in [0.25, 0.3) is 0 Å². The van der Waals surface area contributed by atoms with Crippen molar-refractivity contribution in [1.29, 1.82) is 0 Å². The first-order chi connectivity index (χ1) is 11.1. The van der Waals surface area contributed by atoms with E-state index < -0.39 is 0 Å². The molecule has 1 N–H and O–H groups in total. The molecule has 0 spiro atoms. The fourth-order valence-corrected chi connectivity index (χ4v) is 3.55. The maximum atomic E-state index is 4.44. The Balaban J connectivity index is 1.84. The number of rotatable bonds is 5. The minimum Gasteiger partial charge on any atom is -0.356 e. The number of piperidine rings is 1. The van der Waals surface area contributed by atoms with Crippen molar-refractivity contribution in [3.05, 3.63) is 29.8 Å². The van der Waals surface area contributed by atoms with Crippen LogP contribution in [0.4, 0.5) is 0 Å². The molecular formula is C18H30N4S. The molecule has 1 aromatic rings. The number of nitrogens with one attached hydrogen (secondary N) is 1. The number of guanidine groups is 1. The highest BCUT2D eigenvalue weighted by Gasteiger charge is 2.18. The van der Waals surface area contributed by atoms with Crippen LogP contribution in [0.1, 0.15) is 18.4 Å². The minimum absolute atomic E-state index is 0.722. The van der Waals surface area contributed by atoms with Gasteiger partial charge in [-0.1, -0.05) is 12.1 Å². The molecule has 0 bridgehead atoms. The second-order valence-electron chi connectivity index (χ2n) is 6.40. The first-order valence-corrected chi connectivity index (χ1v) is 9.58. The molecule has 2 rings (SSSR count). The number of hydrogen-bond acceptors (Lipinski definition) is 3. The van der Waals surface area contributed by atoms with Gasteiger partial charge in [-0.3, -0.25) is 4.99 Å². The molecule has 1 saturated heterocycles. The summed E-state index contributed by atoms with van der Waals surface area (Å²) in [6, 6.07) is 8.77. The van der Waals surface area contributed by atoms with Gasteiger partial charge >= 0.3 is 0 Å². The number of benzene rings is 1. The fourth-order valence-electron chi connectivity index (χ4n) is 3.14. The average Bonchev–Trinajstić information content (AvgIpc) is 2.56. The second-order valence-corrected chi connectivity index (χ2v) is 7.28. The molecule has 0 aliphatic carbocycles. The van der Waals surface area contributed by atoms with Gasteiger partial charge in [-0.2, -0.15) is 0 Å². The van der Waals surface area contributed by atoms with E-state index in [1.807, 2.05) is 7.05 Å². The standard InChI is InChI=1S/C18H30N4S/c1-19-18(20-12-16-6-5-11-21(2)13-16)22(3)14-15-7-9-17(23-4)10-8-15/h7-10,16H,5-6,11-14H2,1-4H3,(H,19,20). The highest BCUT2D eigenvalue weighted by Crippen LogP contribution is 2.16. The molecule has 1 unspecified atom stereocenters. The van der Waals surface area contributed by atoms with Gasteiger partial charge in [0.1, 0.15) is 0 Å². The molecule has 23 heavy (non-hydrogen) atoms. The van der Waals surface area contributed by atoms with Crippen LogP contribution in [0.2, 0.25) is 0 Å². The van der Waals surface area contributed by atoms with Crippen molar-refractivity contribution in [3.63, 3.8) is 0 Å². The molecule has 1 aliphatic rings. The van der Waals surface area contributed by atoms with Crippen molar-refractivity contribution in [3.8, 4) is 0 Å². The van der Waals surface area contributed by atoms with Crippen molar-refractivity contribution >= 4 is 17.7 Å². The Bertz CT molecular complexity index is 500. The third kappa shape index (κ3) is 5.74. The molecule has 4 nitrogen and oxygen atoms in total. The second kappa shape index (κ2) is 9.18. The Morgan fingerprint density at radius 3 is 2.74 bits per heavy atom. The zero-order valence-electron chi connectivity index (χ0n) is 14.9. The van der Waals surface area contributed by atoms with E-state index in [1.54, 1.807) is 11.8 Å². The summed E-state index contributed by atoms with van der Waals surface area (Å²) in [6.45, 7) is 4.30. The van der Waals surface area contributed by atoms with Crippen LogP contribution >= 0.6 is 11.8 Å². The van der Waals surface area contributed by atoms with E-state index in [-0.39, 0.29) is 0 Å². The molecule has 5 heteroatoms. The lowest BCUT2D eigenvalue weighted by molar-refractivity contribution is 0.209. The van der Waals surface area contributed by atoms with Gasteiger partial charge in [0.2, 0.25) is 0 Å². The molecule has 0 amide bonds. The zero-order chi connectivity index (χ0) is 16.7. The quantitative estimate of drug-likeness (QED) is 0.510. The summed E-state index contributed by atoms with van der Waals surface area (Å²) in [5.74, 6) is 1.70. The van der Waals surface area contributed by atoms with Crippen molar-refractivity contribution in [2.45, 2.75) is 24.3 Å². The topological polar surface area (TPSA) is 30.9 Å². The molecule has 128 valence electrons. The number of likely N-dealkylation sites (tertiary alicyclic amines) is 1. The number of nitrogens with zero attached hydrogens (tertiary/aromatic N) is 3. The van der Waals surface area contributed by atoms with E-state index >= 15 is 0 Å². The van der Waals surface area contributed by atoms with Gasteiger partial charge in [-0.25, -0.2) is 0 Å². The first-order valence-electron chi connectivity index (χ1n) is 8.35. The molecule has 1 aromatic carbocycles. The van der Waals surface area contributed by atoms with E-state index in [2.05, 4.69) is 64.7 Å². The van der Waals surface area contributed by atoms with Crippen LogP contribution in [-0.2, 0) is 6.54 Å². The Labute approximate surface area is 145 Å². The van der Waals surface area contributed by atoms with Gasteiger partial charge < -0.3 is 15.1 Å². The van der Waals surface area contributed by atoms with E-state index in [1.165, 1.54) is 36.4 Å². The van der Waals surface area contributed by atoms with E-state index in [0.29, 0.717) is 0 Å². The lowest BCUT2D eigenvalue weighted by atomic mass is 9.98. The van der Waals surface area contributed by atoms with Crippen LogP contribution in [-0.4, -0.2) is 62.8 Å². The Kier molecular flexibility index (Phi) is 7.24. The van der Waals surface area contributed by atoms with E-state index in [9.17, 15) is 0 Å². The monoisotopic (exact) mass is 334 g/mol. The number of aliphatic imine (C=N–C) groups is 1. The lowest BCUT2D eigenvalue weighted by Crippen LogP contribution is -2.44. The maximum absolute atomic E-state index is 4.44. The van der Waals surface area contributed by atoms with Crippen molar-refractivity contribution < 1.29 is 0 Å². The van der Waals surface area contributed by atoms with Crippen molar-refractivity contribution in [2.75, 3.05) is 47.0 Å². The third-order valence-corrected chi connectivity index (χ3v) is 5.17. The third-order valence-electron chi connectivity index (χ3n) is 4.42. The van der Waals surface area contributed by atoms with Crippen LogP contribution in [0, 0.1) is 5.92 Å². The predicted molar refractivity (Wildman–Crippen MR) is 101 cm³/mol. The van der Waals surface area contributed by atoms with Crippen molar-refractivity contribution in [1.82, 2.24) is 15.1 Å². The van der Waals surface area contributed by atoms with Gasteiger partial charge in [0.25, 0.3) is 0 Å². The van der Waals surface area contributed by atoms with Gasteiger partial charge in [0.15, 0.2) is 5.96 Å². The van der Waals surface area contributed by atoms with Crippen LogP contribution in [0.5, 0.6) is 0 Å². The number of hydrogen-bond donors (Lipinski definition) is 1.